The van der Waals surface area contributed by atoms with E-state index in [1.807, 2.05) is 0 Å². The van der Waals surface area contributed by atoms with Crippen LogP contribution in [0.5, 0.6) is 5.75 Å². The van der Waals surface area contributed by atoms with Crippen molar-refractivity contribution in [2.24, 2.45) is 5.92 Å². The van der Waals surface area contributed by atoms with Crippen LogP contribution in [0.1, 0.15) is 20.8 Å². The topological polar surface area (TPSA) is 83.1 Å². The van der Waals surface area contributed by atoms with Crippen molar-refractivity contribution < 1.29 is 28.5 Å². The predicted octanol–water partition coefficient (Wildman–Crippen LogP) is 3.40. The predicted molar refractivity (Wildman–Crippen MR) is 98.3 cm³/mol. The van der Waals surface area contributed by atoms with Gasteiger partial charge in [-0.3, -0.25) is 5.32 Å². The molecule has 0 aliphatic rings. The van der Waals surface area contributed by atoms with Gasteiger partial charge in [-0.1, -0.05) is 6.58 Å². The quantitative estimate of drug-likeness (QED) is 0.533. The zero-order valence-electron chi connectivity index (χ0n) is 15.7. The molecule has 1 aromatic rings. The van der Waals surface area contributed by atoms with E-state index in [4.69, 9.17) is 18.9 Å². The number of ether oxygens (including phenoxy) is 4. The Morgan fingerprint density at radius 3 is 2.35 bits per heavy atom. The van der Waals surface area contributed by atoms with Crippen molar-refractivity contribution in [1.29, 1.82) is 0 Å². The molecule has 26 heavy (non-hydrogen) atoms. The van der Waals surface area contributed by atoms with Crippen LogP contribution in [0.15, 0.2) is 36.9 Å². The van der Waals surface area contributed by atoms with Crippen LogP contribution in [0.2, 0.25) is 0 Å². The zero-order chi connectivity index (χ0) is 19.6. The van der Waals surface area contributed by atoms with Crippen LogP contribution in [0, 0.1) is 5.92 Å². The minimum atomic E-state index is -0.557. The number of esters is 1. The highest BCUT2D eigenvalue weighted by Crippen LogP contribution is 2.18. The summed E-state index contributed by atoms with van der Waals surface area (Å²) >= 11 is 0. The largest absolute Gasteiger partial charge is 0.493 e. The highest BCUT2D eigenvalue weighted by atomic mass is 16.6. The van der Waals surface area contributed by atoms with Gasteiger partial charge in [0.15, 0.2) is 0 Å². The van der Waals surface area contributed by atoms with E-state index < -0.39 is 17.7 Å². The summed E-state index contributed by atoms with van der Waals surface area (Å²) in [6.45, 7) is 9.63. The van der Waals surface area contributed by atoms with Crippen molar-refractivity contribution in [3.05, 3.63) is 36.9 Å². The van der Waals surface area contributed by atoms with Crippen molar-refractivity contribution in [3.8, 4) is 5.75 Å². The number of amides is 1. The highest BCUT2D eigenvalue weighted by molar-refractivity contribution is 5.84. The van der Waals surface area contributed by atoms with Gasteiger partial charge >= 0.3 is 12.1 Å². The molecule has 7 heteroatoms. The SMILES string of the molecule is C=CC(=O)OCC(COC)COc1ccc(NC(=O)OC(C)(C)C)cc1. The third-order valence-corrected chi connectivity index (χ3v) is 3.02. The summed E-state index contributed by atoms with van der Waals surface area (Å²) in [5.41, 5.74) is 0.0402. The molecule has 0 aliphatic carbocycles. The van der Waals surface area contributed by atoms with E-state index in [2.05, 4.69) is 11.9 Å². The molecule has 1 unspecified atom stereocenters. The summed E-state index contributed by atoms with van der Waals surface area (Å²) in [4.78, 5) is 22.9. The zero-order valence-corrected chi connectivity index (χ0v) is 15.7. The smallest absolute Gasteiger partial charge is 0.412 e. The Morgan fingerprint density at radius 1 is 1.15 bits per heavy atom. The second-order valence-corrected chi connectivity index (χ2v) is 6.62. The Kier molecular flexibility index (Phi) is 8.64. The molecule has 144 valence electrons. The lowest BCUT2D eigenvalue weighted by Crippen LogP contribution is -2.27. The summed E-state index contributed by atoms with van der Waals surface area (Å²) in [7, 11) is 1.57. The highest BCUT2D eigenvalue weighted by Gasteiger charge is 2.16. The molecular weight excluding hydrogens is 338 g/mol. The summed E-state index contributed by atoms with van der Waals surface area (Å²) < 4.78 is 21.0. The Balaban J connectivity index is 2.50. The average molecular weight is 365 g/mol. The summed E-state index contributed by atoms with van der Waals surface area (Å²) in [5.74, 6) is 0.0306. The fourth-order valence-corrected chi connectivity index (χ4v) is 1.91. The van der Waals surface area contributed by atoms with E-state index in [0.29, 0.717) is 24.7 Å². The minimum absolute atomic E-state index is 0.108. The van der Waals surface area contributed by atoms with Crippen LogP contribution in [0.25, 0.3) is 0 Å². The van der Waals surface area contributed by atoms with Gasteiger partial charge in [0.1, 0.15) is 11.4 Å². The maximum absolute atomic E-state index is 11.7. The van der Waals surface area contributed by atoms with Crippen molar-refractivity contribution in [1.82, 2.24) is 0 Å². The molecule has 1 atom stereocenters. The molecule has 0 bridgehead atoms. The van der Waals surface area contributed by atoms with Crippen LogP contribution >= 0.6 is 0 Å². The number of methoxy groups -OCH3 is 1. The molecule has 1 rings (SSSR count). The third kappa shape index (κ3) is 9.08. The number of carbonyl (C=O) groups is 2. The van der Waals surface area contributed by atoms with Crippen molar-refractivity contribution in [2.45, 2.75) is 26.4 Å². The standard InChI is InChI=1S/C19H27NO6/c1-6-17(21)25-13-14(11-23-5)12-24-16-9-7-15(8-10-16)20-18(22)26-19(2,3)4/h6-10,14H,1,11-13H2,2-5H3,(H,20,22). The van der Waals surface area contributed by atoms with E-state index in [1.54, 1.807) is 52.1 Å². The van der Waals surface area contributed by atoms with Crippen LogP contribution in [-0.4, -0.2) is 44.6 Å². The molecule has 1 N–H and O–H groups in total. The first-order valence-corrected chi connectivity index (χ1v) is 8.24. The van der Waals surface area contributed by atoms with Gasteiger partial charge in [0.25, 0.3) is 0 Å². The number of benzene rings is 1. The summed E-state index contributed by atoms with van der Waals surface area (Å²) in [5, 5.41) is 2.65. The number of anilines is 1. The van der Waals surface area contributed by atoms with E-state index in [1.165, 1.54) is 0 Å². The van der Waals surface area contributed by atoms with E-state index in [-0.39, 0.29) is 12.5 Å². The van der Waals surface area contributed by atoms with Gasteiger partial charge in [-0.25, -0.2) is 9.59 Å². The molecule has 0 aromatic heterocycles. The van der Waals surface area contributed by atoms with Crippen LogP contribution in [0.3, 0.4) is 0 Å². The van der Waals surface area contributed by atoms with Crippen LogP contribution < -0.4 is 10.1 Å². The molecule has 7 nitrogen and oxygen atoms in total. The van der Waals surface area contributed by atoms with Crippen molar-refractivity contribution in [2.75, 3.05) is 32.2 Å². The number of rotatable bonds is 9. The van der Waals surface area contributed by atoms with Gasteiger partial charge in [-0.05, 0) is 45.0 Å². The molecule has 1 amide bonds. The molecule has 0 saturated carbocycles. The van der Waals surface area contributed by atoms with Crippen LogP contribution in [-0.2, 0) is 19.0 Å². The Hall–Kier alpha value is -2.54. The van der Waals surface area contributed by atoms with Gasteiger partial charge in [-0.15, -0.1) is 0 Å². The minimum Gasteiger partial charge on any atom is -0.493 e. The molecule has 0 saturated heterocycles. The number of carbonyl (C=O) groups excluding carboxylic acids is 2. The first-order chi connectivity index (χ1) is 12.2. The molecule has 0 heterocycles. The molecule has 0 fully saturated rings. The van der Waals surface area contributed by atoms with Crippen molar-refractivity contribution >= 4 is 17.7 Å². The van der Waals surface area contributed by atoms with Gasteiger partial charge in [0.2, 0.25) is 0 Å². The molecule has 1 aromatic carbocycles. The maximum Gasteiger partial charge on any atom is 0.412 e. The van der Waals surface area contributed by atoms with E-state index in [0.717, 1.165) is 6.08 Å². The van der Waals surface area contributed by atoms with Gasteiger partial charge in [0.05, 0.1) is 25.7 Å². The Labute approximate surface area is 154 Å². The normalized spacial score (nSPS) is 12.0. The number of hydrogen-bond acceptors (Lipinski definition) is 6. The summed E-state index contributed by atoms with van der Waals surface area (Å²) in [6.07, 6.45) is 0.594. The first kappa shape index (κ1) is 21.5. The van der Waals surface area contributed by atoms with E-state index in [9.17, 15) is 9.59 Å². The fourth-order valence-electron chi connectivity index (χ4n) is 1.91. The lowest BCUT2D eigenvalue weighted by atomic mass is 10.2. The number of nitrogens with one attached hydrogen (secondary N) is 1. The third-order valence-electron chi connectivity index (χ3n) is 3.02. The first-order valence-electron chi connectivity index (χ1n) is 8.24. The average Bonchev–Trinajstić information content (AvgIpc) is 2.56. The van der Waals surface area contributed by atoms with Gasteiger partial charge in [-0.2, -0.15) is 0 Å². The summed E-state index contributed by atoms with van der Waals surface area (Å²) in [6, 6.07) is 6.88. The molecule has 0 spiro atoms. The Bertz CT molecular complexity index is 591. The fraction of sp³-hybridized carbons (Fsp3) is 0.474. The lowest BCUT2D eigenvalue weighted by molar-refractivity contribution is -0.139. The monoisotopic (exact) mass is 365 g/mol. The van der Waals surface area contributed by atoms with Crippen LogP contribution in [0.4, 0.5) is 10.5 Å². The second kappa shape index (κ2) is 10.5. The molecule has 0 aliphatic heterocycles. The van der Waals surface area contributed by atoms with Gasteiger partial charge < -0.3 is 18.9 Å². The molecular formula is C19H27NO6. The van der Waals surface area contributed by atoms with Crippen molar-refractivity contribution in [3.63, 3.8) is 0 Å². The lowest BCUT2D eigenvalue weighted by Gasteiger charge is -2.20. The second-order valence-electron chi connectivity index (χ2n) is 6.62. The maximum atomic E-state index is 11.7. The van der Waals surface area contributed by atoms with E-state index >= 15 is 0 Å². The number of hydrogen-bond donors (Lipinski definition) is 1. The molecule has 0 radical (unpaired) electrons. The van der Waals surface area contributed by atoms with Gasteiger partial charge in [0, 0.05) is 18.9 Å². The Morgan fingerprint density at radius 2 is 1.81 bits per heavy atom.